The van der Waals surface area contributed by atoms with Gasteiger partial charge in [0.2, 0.25) is 6.41 Å². The van der Waals surface area contributed by atoms with Gasteiger partial charge in [0.15, 0.2) is 0 Å². The number of hydrogen-bond donors (Lipinski definition) is 1. The van der Waals surface area contributed by atoms with Crippen molar-refractivity contribution in [3.8, 4) is 0 Å². The zero-order valence-corrected chi connectivity index (χ0v) is 13.8. The average molecular weight is 330 g/mol. The summed E-state index contributed by atoms with van der Waals surface area (Å²) in [4.78, 5) is 26.7. The molecule has 24 heavy (non-hydrogen) atoms. The molecule has 7 heteroatoms. The SMILES string of the molecule is COCCn1cc(NC(=O)N2CCN(C=O)CC2)c2ccccc21. The molecular formula is C17H22N4O3. The van der Waals surface area contributed by atoms with Crippen molar-refractivity contribution in [2.45, 2.75) is 6.54 Å². The lowest BCUT2D eigenvalue weighted by molar-refractivity contribution is -0.119. The van der Waals surface area contributed by atoms with E-state index in [0.717, 1.165) is 29.5 Å². The monoisotopic (exact) mass is 330 g/mol. The van der Waals surface area contributed by atoms with E-state index >= 15 is 0 Å². The maximum atomic E-state index is 12.5. The molecule has 3 rings (SSSR count). The number of urea groups is 1. The molecule has 0 spiro atoms. The van der Waals surface area contributed by atoms with Crippen LogP contribution in [-0.2, 0) is 16.1 Å². The number of methoxy groups -OCH3 is 1. The molecule has 1 saturated heterocycles. The van der Waals surface area contributed by atoms with Crippen LogP contribution < -0.4 is 5.32 Å². The molecule has 0 aliphatic carbocycles. The number of nitrogens with zero attached hydrogens (tertiary/aromatic N) is 3. The predicted octanol–water partition coefficient (Wildman–Crippen LogP) is 1.59. The van der Waals surface area contributed by atoms with Gasteiger partial charge in [0.05, 0.1) is 17.8 Å². The number of ether oxygens (including phenoxy) is 1. The topological polar surface area (TPSA) is 66.8 Å². The second kappa shape index (κ2) is 7.35. The minimum atomic E-state index is -0.129. The van der Waals surface area contributed by atoms with E-state index in [9.17, 15) is 9.59 Å². The number of aromatic nitrogens is 1. The zero-order valence-electron chi connectivity index (χ0n) is 13.8. The number of carbonyl (C=O) groups excluding carboxylic acids is 2. The first-order chi connectivity index (χ1) is 11.7. The third-order valence-corrected chi connectivity index (χ3v) is 4.32. The van der Waals surface area contributed by atoms with E-state index in [4.69, 9.17) is 4.74 Å². The van der Waals surface area contributed by atoms with Crippen molar-refractivity contribution >= 4 is 29.0 Å². The third-order valence-electron chi connectivity index (χ3n) is 4.32. The van der Waals surface area contributed by atoms with Gasteiger partial charge in [-0.1, -0.05) is 18.2 Å². The van der Waals surface area contributed by atoms with Crippen molar-refractivity contribution in [2.24, 2.45) is 0 Å². The van der Waals surface area contributed by atoms with Gasteiger partial charge in [-0.3, -0.25) is 4.79 Å². The molecule has 1 aliphatic heterocycles. The van der Waals surface area contributed by atoms with Gasteiger partial charge in [-0.15, -0.1) is 0 Å². The van der Waals surface area contributed by atoms with E-state index in [2.05, 4.69) is 9.88 Å². The second-order valence-corrected chi connectivity index (χ2v) is 5.80. The van der Waals surface area contributed by atoms with E-state index in [1.165, 1.54) is 0 Å². The first-order valence-electron chi connectivity index (χ1n) is 8.05. The second-order valence-electron chi connectivity index (χ2n) is 5.80. The Hall–Kier alpha value is -2.54. The van der Waals surface area contributed by atoms with Crippen LogP contribution in [0.4, 0.5) is 10.5 Å². The quantitative estimate of drug-likeness (QED) is 0.847. The van der Waals surface area contributed by atoms with Gasteiger partial charge in [-0.2, -0.15) is 0 Å². The summed E-state index contributed by atoms with van der Waals surface area (Å²) in [5.74, 6) is 0. The van der Waals surface area contributed by atoms with Crippen molar-refractivity contribution in [1.82, 2.24) is 14.4 Å². The van der Waals surface area contributed by atoms with Crippen molar-refractivity contribution in [3.05, 3.63) is 30.5 Å². The van der Waals surface area contributed by atoms with Crippen LogP contribution in [0.5, 0.6) is 0 Å². The van der Waals surface area contributed by atoms with Crippen LogP contribution in [0.15, 0.2) is 30.5 Å². The van der Waals surface area contributed by atoms with Crippen LogP contribution in [0.2, 0.25) is 0 Å². The fourth-order valence-corrected chi connectivity index (χ4v) is 2.95. The lowest BCUT2D eigenvalue weighted by Crippen LogP contribution is -2.49. The van der Waals surface area contributed by atoms with Crippen LogP contribution >= 0.6 is 0 Å². The van der Waals surface area contributed by atoms with E-state index in [-0.39, 0.29) is 6.03 Å². The third kappa shape index (κ3) is 3.35. The number of piperazine rings is 1. The number of benzene rings is 1. The summed E-state index contributed by atoms with van der Waals surface area (Å²) in [5, 5.41) is 4.01. The molecule has 1 fully saturated rings. The Labute approximate surface area is 140 Å². The Kier molecular flexibility index (Phi) is 5.00. The van der Waals surface area contributed by atoms with E-state index in [1.807, 2.05) is 30.5 Å². The summed E-state index contributed by atoms with van der Waals surface area (Å²) < 4.78 is 7.23. The largest absolute Gasteiger partial charge is 0.383 e. The highest BCUT2D eigenvalue weighted by atomic mass is 16.5. The van der Waals surface area contributed by atoms with Crippen molar-refractivity contribution in [3.63, 3.8) is 0 Å². The Morgan fingerprint density at radius 2 is 2.00 bits per heavy atom. The number of amides is 3. The standard InChI is InChI=1S/C17H22N4O3/c1-24-11-10-21-12-15(14-4-2-3-5-16(14)21)18-17(23)20-8-6-19(13-22)7-9-20/h2-5,12-13H,6-11H2,1H3,(H,18,23). The van der Waals surface area contributed by atoms with Crippen LogP contribution in [0.3, 0.4) is 0 Å². The van der Waals surface area contributed by atoms with Gasteiger partial charge in [0, 0.05) is 51.4 Å². The fraction of sp³-hybridized carbons (Fsp3) is 0.412. The summed E-state index contributed by atoms with van der Waals surface area (Å²) in [5.41, 5.74) is 1.86. The minimum Gasteiger partial charge on any atom is -0.383 e. The highest BCUT2D eigenvalue weighted by molar-refractivity contribution is 6.01. The lowest BCUT2D eigenvalue weighted by Gasteiger charge is -2.32. The molecule has 0 saturated carbocycles. The molecule has 0 unspecified atom stereocenters. The van der Waals surface area contributed by atoms with E-state index in [0.29, 0.717) is 32.8 Å². The van der Waals surface area contributed by atoms with Crippen LogP contribution in [0.25, 0.3) is 10.9 Å². The molecule has 7 nitrogen and oxygen atoms in total. The van der Waals surface area contributed by atoms with Crippen LogP contribution in [-0.4, -0.2) is 66.7 Å². The number of nitrogens with one attached hydrogen (secondary N) is 1. The Morgan fingerprint density at radius 1 is 1.25 bits per heavy atom. The summed E-state index contributed by atoms with van der Waals surface area (Å²) in [6.45, 7) is 3.59. The number of fused-ring (bicyclic) bond motifs is 1. The van der Waals surface area contributed by atoms with Gasteiger partial charge in [-0.05, 0) is 6.07 Å². The summed E-state index contributed by atoms with van der Waals surface area (Å²) in [6.07, 6.45) is 2.78. The van der Waals surface area contributed by atoms with Crippen molar-refractivity contribution in [1.29, 1.82) is 0 Å². The minimum absolute atomic E-state index is 0.129. The number of para-hydroxylation sites is 1. The smallest absolute Gasteiger partial charge is 0.322 e. The molecule has 1 aromatic carbocycles. The molecule has 128 valence electrons. The number of hydrogen-bond acceptors (Lipinski definition) is 3. The van der Waals surface area contributed by atoms with Gasteiger partial charge >= 0.3 is 6.03 Å². The predicted molar refractivity (Wildman–Crippen MR) is 92.0 cm³/mol. The molecule has 2 heterocycles. The summed E-state index contributed by atoms with van der Waals surface area (Å²) in [6, 6.07) is 7.84. The normalized spacial score (nSPS) is 14.9. The Morgan fingerprint density at radius 3 is 2.71 bits per heavy atom. The molecule has 1 N–H and O–H groups in total. The van der Waals surface area contributed by atoms with Gasteiger partial charge in [0.25, 0.3) is 0 Å². The number of carbonyl (C=O) groups is 2. The van der Waals surface area contributed by atoms with Crippen LogP contribution in [0, 0.1) is 0 Å². The zero-order chi connectivity index (χ0) is 16.9. The summed E-state index contributed by atoms with van der Waals surface area (Å²) >= 11 is 0. The van der Waals surface area contributed by atoms with E-state index < -0.39 is 0 Å². The maximum absolute atomic E-state index is 12.5. The number of anilines is 1. The van der Waals surface area contributed by atoms with E-state index in [1.54, 1.807) is 16.9 Å². The van der Waals surface area contributed by atoms with Gasteiger partial charge < -0.3 is 24.4 Å². The molecular weight excluding hydrogens is 308 g/mol. The maximum Gasteiger partial charge on any atom is 0.322 e. The van der Waals surface area contributed by atoms with Crippen LogP contribution in [0.1, 0.15) is 0 Å². The molecule has 3 amide bonds. The lowest BCUT2D eigenvalue weighted by atomic mass is 10.2. The first-order valence-corrected chi connectivity index (χ1v) is 8.05. The molecule has 2 aromatic rings. The highest BCUT2D eigenvalue weighted by Crippen LogP contribution is 2.26. The summed E-state index contributed by atoms with van der Waals surface area (Å²) in [7, 11) is 1.67. The van der Waals surface area contributed by atoms with Gasteiger partial charge in [0.1, 0.15) is 0 Å². The number of rotatable bonds is 5. The fourth-order valence-electron chi connectivity index (χ4n) is 2.95. The van der Waals surface area contributed by atoms with Gasteiger partial charge in [-0.25, -0.2) is 4.79 Å². The van der Waals surface area contributed by atoms with Crippen molar-refractivity contribution < 1.29 is 14.3 Å². The molecule has 0 atom stereocenters. The molecule has 1 aromatic heterocycles. The van der Waals surface area contributed by atoms with Crippen molar-refractivity contribution in [2.75, 3.05) is 45.2 Å². The molecule has 0 bridgehead atoms. The molecule has 0 radical (unpaired) electrons. The Balaban J connectivity index is 1.75. The highest BCUT2D eigenvalue weighted by Gasteiger charge is 2.21. The first kappa shape index (κ1) is 16.3. The Bertz CT molecular complexity index is 720. The average Bonchev–Trinajstić information content (AvgIpc) is 2.98. The molecule has 1 aliphatic rings.